The highest BCUT2D eigenvalue weighted by Gasteiger charge is 2.48. The van der Waals surface area contributed by atoms with Crippen LogP contribution in [0.15, 0.2) is 72.8 Å². The summed E-state index contributed by atoms with van der Waals surface area (Å²) in [5.74, 6) is 0.517. The van der Waals surface area contributed by atoms with Crippen molar-refractivity contribution in [3.63, 3.8) is 0 Å². The number of carbonyl (C=O) groups excluding carboxylic acids is 2. The lowest BCUT2D eigenvalue weighted by atomic mass is 9.95. The number of amides is 1. The van der Waals surface area contributed by atoms with Gasteiger partial charge in [0.25, 0.3) is 5.78 Å². The molecule has 1 atom stereocenters. The van der Waals surface area contributed by atoms with Crippen LogP contribution in [0.4, 0.5) is 5.13 Å². The van der Waals surface area contributed by atoms with Crippen LogP contribution in [0.25, 0.3) is 16.0 Å². The van der Waals surface area contributed by atoms with Gasteiger partial charge in [-0.1, -0.05) is 30.1 Å². The van der Waals surface area contributed by atoms with Crippen LogP contribution >= 0.6 is 11.3 Å². The zero-order valence-electron chi connectivity index (χ0n) is 24.2. The van der Waals surface area contributed by atoms with Gasteiger partial charge in [-0.25, -0.2) is 4.98 Å². The molecular formula is C33H30N2O8S. The molecule has 0 aliphatic carbocycles. The van der Waals surface area contributed by atoms with Crippen LogP contribution in [-0.4, -0.2) is 54.8 Å². The molecule has 0 bridgehead atoms. The number of carbonyl (C=O) groups is 2. The number of aromatic nitrogens is 1. The second-order valence-electron chi connectivity index (χ2n) is 9.83. The second kappa shape index (κ2) is 12.3. The predicted octanol–water partition coefficient (Wildman–Crippen LogP) is 6.06. The van der Waals surface area contributed by atoms with E-state index >= 15 is 0 Å². The van der Waals surface area contributed by atoms with E-state index in [1.165, 1.54) is 16.2 Å². The molecule has 1 unspecified atom stereocenters. The minimum Gasteiger partial charge on any atom is -0.507 e. The Morgan fingerprint density at radius 3 is 2.57 bits per heavy atom. The molecule has 226 valence electrons. The highest BCUT2D eigenvalue weighted by Crippen LogP contribution is 2.46. The maximum atomic E-state index is 13.8. The average molecular weight is 615 g/mol. The largest absolute Gasteiger partial charge is 0.507 e. The molecule has 1 aromatic heterocycles. The molecule has 3 heterocycles. The van der Waals surface area contributed by atoms with E-state index in [4.69, 9.17) is 28.7 Å². The van der Waals surface area contributed by atoms with Gasteiger partial charge in [-0.15, -0.1) is 0 Å². The Kier molecular flexibility index (Phi) is 8.12. The number of fused-ring (bicyclic) bond motifs is 2. The van der Waals surface area contributed by atoms with Crippen molar-refractivity contribution in [2.75, 3.05) is 37.9 Å². The number of anilines is 1. The van der Waals surface area contributed by atoms with Crippen molar-refractivity contribution in [1.29, 1.82) is 0 Å². The zero-order valence-corrected chi connectivity index (χ0v) is 25.0. The van der Waals surface area contributed by atoms with E-state index in [0.29, 0.717) is 77.0 Å². The SMILES string of the molecule is C=CCOc1ccc(C2/C(=C(/O)c3ccc4c(c3)OCCO4)C(=O)C(=O)N2c2nc3ccc(OCC)cc3s2)cc1OCC. The van der Waals surface area contributed by atoms with Crippen LogP contribution in [0.3, 0.4) is 0 Å². The van der Waals surface area contributed by atoms with Gasteiger partial charge in [-0.3, -0.25) is 14.5 Å². The summed E-state index contributed by atoms with van der Waals surface area (Å²) in [5.41, 5.74) is 1.37. The number of hydrogen-bond donors (Lipinski definition) is 1. The summed E-state index contributed by atoms with van der Waals surface area (Å²) < 4.78 is 29.4. The van der Waals surface area contributed by atoms with Gasteiger partial charge >= 0.3 is 5.91 Å². The first-order valence-electron chi connectivity index (χ1n) is 14.2. The van der Waals surface area contributed by atoms with Gasteiger partial charge in [0.1, 0.15) is 31.3 Å². The molecule has 1 fully saturated rings. The molecule has 0 spiro atoms. The Hall–Kier alpha value is -5.03. The normalized spacial score (nSPS) is 17.1. The number of ketones is 1. The Labute approximate surface area is 257 Å². The molecule has 6 rings (SSSR count). The van der Waals surface area contributed by atoms with Crippen LogP contribution in [0.1, 0.15) is 31.0 Å². The van der Waals surface area contributed by atoms with Gasteiger partial charge in [0.15, 0.2) is 28.1 Å². The number of benzene rings is 3. The summed E-state index contributed by atoms with van der Waals surface area (Å²) in [7, 11) is 0. The highest BCUT2D eigenvalue weighted by atomic mass is 32.1. The van der Waals surface area contributed by atoms with Gasteiger partial charge in [0, 0.05) is 5.56 Å². The first-order valence-corrected chi connectivity index (χ1v) is 15.0. The fourth-order valence-electron chi connectivity index (χ4n) is 5.17. The maximum absolute atomic E-state index is 13.8. The summed E-state index contributed by atoms with van der Waals surface area (Å²) in [6.07, 6.45) is 1.62. The third-order valence-corrected chi connectivity index (χ3v) is 8.08. The van der Waals surface area contributed by atoms with E-state index in [-0.39, 0.29) is 17.9 Å². The number of ether oxygens (including phenoxy) is 5. The van der Waals surface area contributed by atoms with Gasteiger partial charge in [-0.05, 0) is 67.9 Å². The van der Waals surface area contributed by atoms with E-state index in [0.717, 1.165) is 4.70 Å². The van der Waals surface area contributed by atoms with Gasteiger partial charge in [0.2, 0.25) is 0 Å². The van der Waals surface area contributed by atoms with Crippen molar-refractivity contribution in [1.82, 2.24) is 4.98 Å². The van der Waals surface area contributed by atoms with E-state index in [1.807, 2.05) is 19.9 Å². The van der Waals surface area contributed by atoms with E-state index < -0.39 is 17.7 Å². The smallest absolute Gasteiger partial charge is 0.301 e. The summed E-state index contributed by atoms with van der Waals surface area (Å²) >= 11 is 1.25. The molecular weight excluding hydrogens is 584 g/mol. The van der Waals surface area contributed by atoms with Crippen molar-refractivity contribution in [2.45, 2.75) is 19.9 Å². The number of rotatable bonds is 10. The maximum Gasteiger partial charge on any atom is 0.301 e. The zero-order chi connectivity index (χ0) is 30.8. The number of hydrogen-bond acceptors (Lipinski definition) is 10. The summed E-state index contributed by atoms with van der Waals surface area (Å²) in [5, 5.41) is 12.0. The van der Waals surface area contributed by atoms with E-state index in [1.54, 1.807) is 54.6 Å². The Bertz CT molecular complexity index is 1800. The second-order valence-corrected chi connectivity index (χ2v) is 10.8. The Morgan fingerprint density at radius 2 is 1.80 bits per heavy atom. The molecule has 0 radical (unpaired) electrons. The minimum absolute atomic E-state index is 0.0943. The molecule has 4 aromatic rings. The van der Waals surface area contributed by atoms with Gasteiger partial charge in [-0.2, -0.15) is 0 Å². The molecule has 3 aromatic carbocycles. The average Bonchev–Trinajstić information content (AvgIpc) is 3.57. The van der Waals surface area contributed by atoms with Crippen LogP contribution in [0.2, 0.25) is 0 Å². The fraction of sp³-hybridized carbons (Fsp3) is 0.242. The van der Waals surface area contributed by atoms with Crippen LogP contribution in [0, 0.1) is 0 Å². The third kappa shape index (κ3) is 5.30. The molecule has 44 heavy (non-hydrogen) atoms. The lowest BCUT2D eigenvalue weighted by molar-refractivity contribution is -0.132. The van der Waals surface area contributed by atoms with Gasteiger partial charge < -0.3 is 28.8 Å². The first-order chi connectivity index (χ1) is 21.4. The van der Waals surface area contributed by atoms with Crippen LogP contribution in [0.5, 0.6) is 28.7 Å². The fourth-order valence-corrected chi connectivity index (χ4v) is 6.20. The third-order valence-electron chi connectivity index (χ3n) is 7.07. The molecule has 1 saturated heterocycles. The number of aliphatic hydroxyl groups is 1. The first kappa shape index (κ1) is 29.1. The molecule has 1 N–H and O–H groups in total. The number of Topliss-reactive ketones (excluding diaryl/α,β-unsaturated/α-hetero) is 1. The standard InChI is InChI=1S/C33H30N2O8S/c1-4-13-41-23-11-7-19(16-25(23)40-6-3)29-28(30(36)20-8-12-24-26(17-20)43-15-14-42-24)31(37)32(38)35(29)33-34-22-10-9-21(39-5-2)18-27(22)44-33/h4,7-12,16-18,29,36H,1,5-6,13-15H2,2-3H3/b30-28-. The minimum atomic E-state index is -1.03. The van der Waals surface area contributed by atoms with Crippen molar-refractivity contribution in [3.8, 4) is 28.7 Å². The van der Waals surface area contributed by atoms with Crippen LogP contribution in [-0.2, 0) is 9.59 Å². The lowest BCUT2D eigenvalue weighted by Crippen LogP contribution is -2.29. The number of nitrogens with zero attached hydrogens (tertiary/aromatic N) is 2. The lowest BCUT2D eigenvalue weighted by Gasteiger charge is -2.24. The summed E-state index contributed by atoms with van der Waals surface area (Å²) in [6, 6.07) is 14.5. The molecule has 2 aliphatic rings. The van der Waals surface area contributed by atoms with Crippen molar-refractivity contribution < 1.29 is 38.4 Å². The quantitative estimate of drug-likeness (QED) is 0.0985. The van der Waals surface area contributed by atoms with Crippen molar-refractivity contribution >= 4 is 44.1 Å². The van der Waals surface area contributed by atoms with Gasteiger partial charge in [0.05, 0.1) is 35.0 Å². The molecule has 10 nitrogen and oxygen atoms in total. The monoisotopic (exact) mass is 614 g/mol. The topological polar surface area (TPSA) is 117 Å². The van der Waals surface area contributed by atoms with Crippen molar-refractivity contribution in [2.24, 2.45) is 0 Å². The van der Waals surface area contributed by atoms with Crippen molar-refractivity contribution in [3.05, 3.63) is 84.0 Å². The molecule has 0 saturated carbocycles. The predicted molar refractivity (Wildman–Crippen MR) is 166 cm³/mol. The Morgan fingerprint density at radius 1 is 1.00 bits per heavy atom. The van der Waals surface area contributed by atoms with Crippen LogP contribution < -0.4 is 28.6 Å². The molecule has 1 amide bonds. The summed E-state index contributed by atoms with van der Waals surface area (Å²) in [6.45, 7) is 9.31. The number of thiazole rings is 1. The summed E-state index contributed by atoms with van der Waals surface area (Å²) in [4.78, 5) is 33.6. The number of aliphatic hydroxyl groups excluding tert-OH is 1. The molecule has 2 aliphatic heterocycles. The highest BCUT2D eigenvalue weighted by molar-refractivity contribution is 7.22. The van der Waals surface area contributed by atoms with E-state index in [9.17, 15) is 14.7 Å². The Balaban J connectivity index is 1.52. The van der Waals surface area contributed by atoms with E-state index in [2.05, 4.69) is 6.58 Å². The molecule has 11 heteroatoms.